The highest BCUT2D eigenvalue weighted by Crippen LogP contribution is 2.51. The van der Waals surface area contributed by atoms with E-state index in [0.717, 1.165) is 0 Å². The van der Waals surface area contributed by atoms with E-state index in [4.69, 9.17) is 32.5 Å². The van der Waals surface area contributed by atoms with Gasteiger partial charge in [0.2, 0.25) is 0 Å². The molecule has 0 bridgehead atoms. The summed E-state index contributed by atoms with van der Waals surface area (Å²) in [5, 5.41) is 0. The Morgan fingerprint density at radius 3 is 2.18 bits per heavy atom. The molecule has 132 valence electrons. The summed E-state index contributed by atoms with van der Waals surface area (Å²) in [5.74, 6) is 0. The Morgan fingerprint density at radius 2 is 1.73 bits per heavy atom. The number of phosphoric acid groups is 1. The van der Waals surface area contributed by atoms with E-state index in [1.807, 2.05) is 0 Å². The summed E-state index contributed by atoms with van der Waals surface area (Å²) in [6.07, 6.45) is -1.43. The zero-order chi connectivity index (χ0) is 16.6. The topological polar surface area (TPSA) is 81.7 Å². The van der Waals surface area contributed by atoms with Crippen molar-refractivity contribution in [2.45, 2.75) is 44.9 Å². The second-order valence-corrected chi connectivity index (χ2v) is 6.28. The van der Waals surface area contributed by atoms with Crippen LogP contribution in [0.1, 0.15) is 20.3 Å². The standard InChI is InChI=1S/C13H27O8P/c1-6-18-22(14,19-7-2)21-12-8-10(16-4)13(17-5)11(20-12)9-15-3/h10-13H,6-9H2,1-5H3/t10-,11-,12?,13+/m1/s1. The molecule has 1 rings (SSSR count). The van der Waals surface area contributed by atoms with E-state index in [0.29, 0.717) is 13.0 Å². The van der Waals surface area contributed by atoms with Crippen molar-refractivity contribution in [3.05, 3.63) is 0 Å². The van der Waals surface area contributed by atoms with Crippen LogP contribution >= 0.6 is 7.82 Å². The highest BCUT2D eigenvalue weighted by Gasteiger charge is 2.43. The van der Waals surface area contributed by atoms with Gasteiger partial charge in [0.25, 0.3) is 0 Å². The Labute approximate surface area is 131 Å². The van der Waals surface area contributed by atoms with Gasteiger partial charge < -0.3 is 18.9 Å². The van der Waals surface area contributed by atoms with Crippen LogP contribution in [0.15, 0.2) is 0 Å². The van der Waals surface area contributed by atoms with Crippen molar-refractivity contribution in [2.75, 3.05) is 41.2 Å². The lowest BCUT2D eigenvalue weighted by molar-refractivity contribution is -0.246. The maximum absolute atomic E-state index is 12.4. The van der Waals surface area contributed by atoms with E-state index in [1.165, 1.54) is 0 Å². The van der Waals surface area contributed by atoms with Gasteiger partial charge in [0.15, 0.2) is 6.29 Å². The number of phosphoric ester groups is 1. The second-order valence-electron chi connectivity index (χ2n) is 4.66. The summed E-state index contributed by atoms with van der Waals surface area (Å²) in [5.41, 5.74) is 0. The first-order valence-electron chi connectivity index (χ1n) is 7.31. The van der Waals surface area contributed by atoms with E-state index in [2.05, 4.69) is 0 Å². The van der Waals surface area contributed by atoms with E-state index in [9.17, 15) is 4.57 Å². The van der Waals surface area contributed by atoms with Gasteiger partial charge in [-0.1, -0.05) is 0 Å². The molecule has 0 aromatic carbocycles. The smallest absolute Gasteiger partial charge is 0.382 e. The number of methoxy groups -OCH3 is 3. The van der Waals surface area contributed by atoms with Gasteiger partial charge in [-0.25, -0.2) is 4.57 Å². The molecular weight excluding hydrogens is 315 g/mol. The van der Waals surface area contributed by atoms with Gasteiger partial charge in [0.1, 0.15) is 12.2 Å². The summed E-state index contributed by atoms with van der Waals surface area (Å²) in [7, 11) is 1.06. The molecule has 0 spiro atoms. The van der Waals surface area contributed by atoms with Gasteiger partial charge in [-0.2, -0.15) is 0 Å². The van der Waals surface area contributed by atoms with Crippen LogP contribution in [0.5, 0.6) is 0 Å². The molecule has 0 radical (unpaired) electrons. The average Bonchev–Trinajstić information content (AvgIpc) is 2.47. The summed E-state index contributed by atoms with van der Waals surface area (Å²) in [6, 6.07) is 0. The predicted molar refractivity (Wildman–Crippen MR) is 78.7 cm³/mol. The predicted octanol–water partition coefficient (Wildman–Crippen LogP) is 1.98. The first kappa shape index (κ1) is 20.0. The number of hydrogen-bond donors (Lipinski definition) is 0. The minimum atomic E-state index is -3.66. The first-order valence-corrected chi connectivity index (χ1v) is 8.77. The van der Waals surface area contributed by atoms with Gasteiger partial charge in [0, 0.05) is 27.8 Å². The normalized spacial score (nSPS) is 29.7. The monoisotopic (exact) mass is 342 g/mol. The summed E-state index contributed by atoms with van der Waals surface area (Å²) in [6.45, 7) is 4.14. The van der Waals surface area contributed by atoms with Crippen LogP contribution in [0.25, 0.3) is 0 Å². The molecule has 1 unspecified atom stereocenters. The fourth-order valence-corrected chi connectivity index (χ4v) is 3.60. The number of hydrogen-bond acceptors (Lipinski definition) is 8. The minimum absolute atomic E-state index is 0.208. The van der Waals surface area contributed by atoms with E-state index in [1.54, 1.807) is 35.2 Å². The zero-order valence-corrected chi connectivity index (χ0v) is 14.7. The highest BCUT2D eigenvalue weighted by molar-refractivity contribution is 7.48. The Kier molecular flexibility index (Phi) is 9.04. The summed E-state index contributed by atoms with van der Waals surface area (Å²) in [4.78, 5) is 0. The van der Waals surface area contributed by atoms with E-state index in [-0.39, 0.29) is 25.4 Å². The van der Waals surface area contributed by atoms with Crippen molar-refractivity contribution in [3.8, 4) is 0 Å². The number of rotatable bonds is 10. The summed E-state index contributed by atoms with van der Waals surface area (Å²) >= 11 is 0. The lowest BCUT2D eigenvalue weighted by Gasteiger charge is -2.40. The van der Waals surface area contributed by atoms with Crippen LogP contribution in [-0.4, -0.2) is 65.8 Å². The Bertz CT molecular complexity index is 343. The van der Waals surface area contributed by atoms with Crippen molar-refractivity contribution in [3.63, 3.8) is 0 Å². The van der Waals surface area contributed by atoms with Crippen LogP contribution in [0, 0.1) is 0 Å². The van der Waals surface area contributed by atoms with Gasteiger partial charge in [-0.3, -0.25) is 13.6 Å². The van der Waals surface area contributed by atoms with Crippen LogP contribution in [0.3, 0.4) is 0 Å². The van der Waals surface area contributed by atoms with Gasteiger partial charge in [-0.15, -0.1) is 0 Å². The molecule has 8 nitrogen and oxygen atoms in total. The molecular formula is C13H27O8P. The third-order valence-electron chi connectivity index (χ3n) is 3.21. The molecule has 1 saturated heterocycles. The molecule has 22 heavy (non-hydrogen) atoms. The summed E-state index contributed by atoms with van der Waals surface area (Å²) < 4.78 is 49.9. The second kappa shape index (κ2) is 9.95. The third-order valence-corrected chi connectivity index (χ3v) is 4.85. The van der Waals surface area contributed by atoms with E-state index < -0.39 is 20.2 Å². The van der Waals surface area contributed by atoms with Gasteiger partial charge in [0.05, 0.1) is 25.9 Å². The Hall–Kier alpha value is -0.0500. The lowest BCUT2D eigenvalue weighted by Crippen LogP contribution is -2.52. The largest absolute Gasteiger partial charge is 0.477 e. The van der Waals surface area contributed by atoms with Gasteiger partial charge in [-0.05, 0) is 13.8 Å². The Morgan fingerprint density at radius 1 is 1.09 bits per heavy atom. The average molecular weight is 342 g/mol. The van der Waals surface area contributed by atoms with Crippen LogP contribution in [0.4, 0.5) is 0 Å². The molecule has 9 heteroatoms. The van der Waals surface area contributed by atoms with Crippen LogP contribution in [-0.2, 0) is 37.1 Å². The molecule has 1 heterocycles. The van der Waals surface area contributed by atoms with Gasteiger partial charge >= 0.3 is 7.82 Å². The molecule has 1 fully saturated rings. The SMILES string of the molecule is CCOP(=O)(OCC)OC1C[C@@H](OC)[C@H](OC)[C@@H](COC)O1. The molecule has 0 aromatic rings. The molecule has 0 saturated carbocycles. The minimum Gasteiger partial charge on any atom is -0.382 e. The van der Waals surface area contributed by atoms with E-state index >= 15 is 0 Å². The Balaban J connectivity index is 2.79. The quantitative estimate of drug-likeness (QED) is 0.558. The molecule has 1 aliphatic rings. The third kappa shape index (κ3) is 5.54. The molecule has 0 aliphatic carbocycles. The van der Waals surface area contributed by atoms with Crippen LogP contribution in [0.2, 0.25) is 0 Å². The fourth-order valence-electron chi connectivity index (χ4n) is 2.35. The maximum atomic E-state index is 12.4. The van der Waals surface area contributed by atoms with Crippen molar-refractivity contribution in [1.29, 1.82) is 0 Å². The first-order chi connectivity index (χ1) is 10.5. The zero-order valence-electron chi connectivity index (χ0n) is 13.9. The van der Waals surface area contributed by atoms with Crippen molar-refractivity contribution in [1.82, 2.24) is 0 Å². The lowest BCUT2D eigenvalue weighted by atomic mass is 10.0. The maximum Gasteiger partial charge on any atom is 0.477 e. The highest BCUT2D eigenvalue weighted by atomic mass is 31.2. The van der Waals surface area contributed by atoms with Crippen molar-refractivity contribution >= 4 is 7.82 Å². The number of ether oxygens (including phenoxy) is 4. The molecule has 1 aliphatic heterocycles. The molecule has 0 amide bonds. The molecule has 0 aromatic heterocycles. The van der Waals surface area contributed by atoms with Crippen molar-refractivity contribution in [2.24, 2.45) is 0 Å². The molecule has 4 atom stereocenters. The molecule has 0 N–H and O–H groups in total. The van der Waals surface area contributed by atoms with Crippen molar-refractivity contribution < 1.29 is 37.1 Å². The fraction of sp³-hybridized carbons (Fsp3) is 1.00. The van der Waals surface area contributed by atoms with Crippen LogP contribution < -0.4 is 0 Å².